The molecule has 2 aromatic carbocycles. The van der Waals surface area contributed by atoms with Crippen LogP contribution in [-0.4, -0.2) is 19.1 Å². The van der Waals surface area contributed by atoms with Crippen molar-refractivity contribution in [2.24, 2.45) is 0 Å². The van der Waals surface area contributed by atoms with Gasteiger partial charge < -0.3 is 10.1 Å². The van der Waals surface area contributed by atoms with Crippen LogP contribution < -0.4 is 10.1 Å². The van der Waals surface area contributed by atoms with Gasteiger partial charge >= 0.3 is 0 Å². The Morgan fingerprint density at radius 2 is 1.79 bits per heavy atom. The lowest BCUT2D eigenvalue weighted by Crippen LogP contribution is -2.30. The van der Waals surface area contributed by atoms with Crippen molar-refractivity contribution in [3.8, 4) is 11.8 Å². The van der Waals surface area contributed by atoms with Crippen LogP contribution >= 0.6 is 0 Å². The Balaban J connectivity index is 1.70. The largest absolute Gasteiger partial charge is 0.484 e. The smallest absolute Gasteiger partial charge is 0.257 e. The molecule has 24 heavy (non-hydrogen) atoms. The Morgan fingerprint density at radius 1 is 1.12 bits per heavy atom. The van der Waals surface area contributed by atoms with Crippen LogP contribution in [-0.2, 0) is 11.2 Å². The second-order valence-electron chi connectivity index (χ2n) is 5.92. The average molecular weight is 322 g/mol. The number of amides is 1. The van der Waals surface area contributed by atoms with Crippen molar-refractivity contribution in [3.05, 3.63) is 65.2 Å². The van der Waals surface area contributed by atoms with Gasteiger partial charge in [-0.2, -0.15) is 5.26 Å². The fraction of sp³-hybridized carbons (Fsp3) is 0.300. The van der Waals surface area contributed by atoms with E-state index in [9.17, 15) is 4.79 Å². The highest BCUT2D eigenvalue weighted by molar-refractivity contribution is 5.77. The van der Waals surface area contributed by atoms with Crippen LogP contribution in [0.2, 0.25) is 0 Å². The van der Waals surface area contributed by atoms with Gasteiger partial charge in [0.2, 0.25) is 0 Å². The van der Waals surface area contributed by atoms with Crippen molar-refractivity contribution >= 4 is 5.91 Å². The van der Waals surface area contributed by atoms with E-state index in [0.29, 0.717) is 23.8 Å². The molecule has 2 aromatic rings. The zero-order valence-electron chi connectivity index (χ0n) is 14.1. The summed E-state index contributed by atoms with van der Waals surface area (Å²) in [7, 11) is 0. The molecular formula is C20H22N2O2. The maximum Gasteiger partial charge on any atom is 0.257 e. The number of carbonyl (C=O) groups excluding carboxylic acids is 1. The van der Waals surface area contributed by atoms with Crippen molar-refractivity contribution in [3.63, 3.8) is 0 Å². The molecule has 0 unspecified atom stereocenters. The molecule has 0 aliphatic carbocycles. The molecule has 4 nitrogen and oxygen atoms in total. The highest BCUT2D eigenvalue weighted by Gasteiger charge is 2.03. The van der Waals surface area contributed by atoms with E-state index in [-0.39, 0.29) is 12.5 Å². The molecule has 1 amide bonds. The fourth-order valence-electron chi connectivity index (χ4n) is 2.24. The van der Waals surface area contributed by atoms with Gasteiger partial charge in [-0.15, -0.1) is 0 Å². The van der Waals surface area contributed by atoms with Gasteiger partial charge in [0.25, 0.3) is 5.91 Å². The third kappa shape index (κ3) is 5.44. The maximum absolute atomic E-state index is 11.8. The van der Waals surface area contributed by atoms with Crippen LogP contribution in [0.4, 0.5) is 0 Å². The topological polar surface area (TPSA) is 62.1 Å². The zero-order chi connectivity index (χ0) is 17.4. The Bertz CT molecular complexity index is 698. The van der Waals surface area contributed by atoms with Gasteiger partial charge in [-0.05, 0) is 47.7 Å². The summed E-state index contributed by atoms with van der Waals surface area (Å²) >= 11 is 0. The van der Waals surface area contributed by atoms with E-state index in [1.807, 2.05) is 6.07 Å². The first-order chi connectivity index (χ1) is 11.6. The molecule has 0 aliphatic rings. The van der Waals surface area contributed by atoms with E-state index in [4.69, 9.17) is 10.00 Å². The third-order valence-corrected chi connectivity index (χ3v) is 3.74. The molecule has 0 atom stereocenters. The maximum atomic E-state index is 11.8. The van der Waals surface area contributed by atoms with Crippen molar-refractivity contribution < 1.29 is 9.53 Å². The van der Waals surface area contributed by atoms with Crippen LogP contribution in [0.3, 0.4) is 0 Å². The van der Waals surface area contributed by atoms with Gasteiger partial charge in [0.15, 0.2) is 6.61 Å². The Morgan fingerprint density at radius 3 is 2.38 bits per heavy atom. The van der Waals surface area contributed by atoms with E-state index in [1.54, 1.807) is 24.3 Å². The Hall–Kier alpha value is -2.80. The Labute approximate surface area is 143 Å². The molecule has 0 radical (unpaired) electrons. The monoisotopic (exact) mass is 322 g/mol. The van der Waals surface area contributed by atoms with Crippen molar-refractivity contribution in [2.75, 3.05) is 13.2 Å². The lowest BCUT2D eigenvalue weighted by atomic mass is 10.0. The van der Waals surface area contributed by atoms with Crippen LogP contribution in [0.5, 0.6) is 5.75 Å². The number of ether oxygens (including phenoxy) is 1. The lowest BCUT2D eigenvalue weighted by Gasteiger charge is -2.09. The quantitative estimate of drug-likeness (QED) is 0.849. The van der Waals surface area contributed by atoms with Crippen LogP contribution in [0.1, 0.15) is 36.5 Å². The molecule has 0 aliphatic heterocycles. The summed E-state index contributed by atoms with van der Waals surface area (Å²) in [6, 6.07) is 17.2. The van der Waals surface area contributed by atoms with Gasteiger partial charge in [0.05, 0.1) is 11.6 Å². The summed E-state index contributed by atoms with van der Waals surface area (Å²) in [6.45, 7) is 4.89. The predicted octanol–water partition coefficient (Wildman–Crippen LogP) is 3.42. The molecule has 124 valence electrons. The number of nitrogens with zero attached hydrogens (tertiary/aromatic N) is 1. The first-order valence-corrected chi connectivity index (χ1v) is 8.07. The number of carbonyl (C=O) groups is 1. The van der Waals surface area contributed by atoms with Crippen LogP contribution in [0.15, 0.2) is 48.5 Å². The fourth-order valence-corrected chi connectivity index (χ4v) is 2.24. The highest BCUT2D eigenvalue weighted by Crippen LogP contribution is 2.14. The summed E-state index contributed by atoms with van der Waals surface area (Å²) in [4.78, 5) is 11.8. The molecule has 0 saturated carbocycles. The van der Waals surface area contributed by atoms with E-state index in [1.165, 1.54) is 11.1 Å². The molecule has 0 bridgehead atoms. The van der Waals surface area contributed by atoms with Gasteiger partial charge in [-0.1, -0.05) is 38.1 Å². The van der Waals surface area contributed by atoms with Crippen molar-refractivity contribution in [2.45, 2.75) is 26.2 Å². The molecule has 0 aromatic heterocycles. The number of nitriles is 1. The molecule has 1 N–H and O–H groups in total. The Kier molecular flexibility index (Phi) is 6.39. The number of rotatable bonds is 7. The van der Waals surface area contributed by atoms with E-state index < -0.39 is 0 Å². The summed E-state index contributed by atoms with van der Waals surface area (Å²) in [5.41, 5.74) is 3.08. The standard InChI is InChI=1S/C20H22N2O2/c1-15(2)18-7-3-16(4-8-18)11-12-22-20(23)14-24-19-9-5-17(13-21)6-10-19/h3-10,15H,11-12,14H2,1-2H3,(H,22,23). The van der Waals surface area contributed by atoms with Gasteiger partial charge in [0.1, 0.15) is 5.75 Å². The molecule has 4 heteroatoms. The van der Waals surface area contributed by atoms with E-state index in [0.717, 1.165) is 6.42 Å². The second-order valence-corrected chi connectivity index (χ2v) is 5.92. The minimum Gasteiger partial charge on any atom is -0.484 e. The summed E-state index contributed by atoms with van der Waals surface area (Å²) in [5, 5.41) is 11.6. The number of hydrogen-bond acceptors (Lipinski definition) is 3. The van der Waals surface area contributed by atoms with E-state index in [2.05, 4.69) is 43.4 Å². The number of nitrogens with one attached hydrogen (secondary N) is 1. The van der Waals surface area contributed by atoms with Gasteiger partial charge in [0, 0.05) is 6.54 Å². The minimum absolute atomic E-state index is 0.0296. The average Bonchev–Trinajstić information content (AvgIpc) is 2.61. The summed E-state index contributed by atoms with van der Waals surface area (Å²) < 4.78 is 5.39. The predicted molar refractivity (Wildman–Crippen MR) is 93.9 cm³/mol. The SMILES string of the molecule is CC(C)c1ccc(CCNC(=O)COc2ccc(C#N)cc2)cc1. The van der Waals surface area contributed by atoms with Gasteiger partial charge in [-0.25, -0.2) is 0 Å². The van der Waals surface area contributed by atoms with Gasteiger partial charge in [-0.3, -0.25) is 4.79 Å². The zero-order valence-corrected chi connectivity index (χ0v) is 14.1. The first kappa shape index (κ1) is 17.6. The summed E-state index contributed by atoms with van der Waals surface area (Å²) in [5.74, 6) is 0.949. The lowest BCUT2D eigenvalue weighted by molar-refractivity contribution is -0.123. The number of hydrogen-bond donors (Lipinski definition) is 1. The first-order valence-electron chi connectivity index (χ1n) is 8.07. The number of benzene rings is 2. The molecule has 0 spiro atoms. The van der Waals surface area contributed by atoms with E-state index >= 15 is 0 Å². The van der Waals surface area contributed by atoms with Crippen molar-refractivity contribution in [1.82, 2.24) is 5.32 Å². The summed E-state index contributed by atoms with van der Waals surface area (Å²) in [6.07, 6.45) is 0.793. The second kappa shape index (κ2) is 8.73. The third-order valence-electron chi connectivity index (χ3n) is 3.74. The highest BCUT2D eigenvalue weighted by atomic mass is 16.5. The minimum atomic E-state index is -0.154. The molecule has 2 rings (SSSR count). The molecule has 0 saturated heterocycles. The van der Waals surface area contributed by atoms with Crippen LogP contribution in [0.25, 0.3) is 0 Å². The molecule has 0 fully saturated rings. The molecular weight excluding hydrogens is 300 g/mol. The van der Waals surface area contributed by atoms with Crippen molar-refractivity contribution in [1.29, 1.82) is 5.26 Å². The van der Waals surface area contributed by atoms with Crippen LogP contribution in [0, 0.1) is 11.3 Å². The molecule has 0 heterocycles. The normalized spacial score (nSPS) is 10.2.